The highest BCUT2D eigenvalue weighted by atomic mass is 16.5. The van der Waals surface area contributed by atoms with Crippen LogP contribution in [0.25, 0.3) is 0 Å². The van der Waals surface area contributed by atoms with Gasteiger partial charge in [0.1, 0.15) is 0 Å². The maximum Gasteiger partial charge on any atom is 0.312 e. The van der Waals surface area contributed by atoms with Gasteiger partial charge >= 0.3 is 11.9 Å². The number of rotatable bonds is 5. The van der Waals surface area contributed by atoms with Crippen LogP contribution >= 0.6 is 0 Å². The van der Waals surface area contributed by atoms with Gasteiger partial charge in [0.15, 0.2) is 0 Å². The van der Waals surface area contributed by atoms with Gasteiger partial charge < -0.3 is 9.47 Å². The molecule has 2 atom stereocenters. The highest BCUT2D eigenvalue weighted by Gasteiger charge is 2.35. The first-order chi connectivity index (χ1) is 9.03. The zero-order chi connectivity index (χ0) is 14.4. The Bertz CT molecular complexity index is 370. The smallest absolute Gasteiger partial charge is 0.312 e. The lowest BCUT2D eigenvalue weighted by Crippen LogP contribution is -2.15. The average molecular weight is 268 g/mol. The van der Waals surface area contributed by atoms with Gasteiger partial charge in [-0.2, -0.15) is 0 Å². The van der Waals surface area contributed by atoms with Crippen LogP contribution in [0.1, 0.15) is 46.0 Å². The first-order valence-electron chi connectivity index (χ1n) is 6.86. The van der Waals surface area contributed by atoms with Crippen LogP contribution in [0.2, 0.25) is 0 Å². The largest absolute Gasteiger partial charge is 0.469 e. The Hall–Kier alpha value is -1.32. The lowest BCUT2D eigenvalue weighted by atomic mass is 9.95. The van der Waals surface area contributed by atoms with Crippen LogP contribution in [0, 0.1) is 11.8 Å². The Morgan fingerprint density at radius 1 is 1.21 bits per heavy atom. The van der Waals surface area contributed by atoms with E-state index in [0.29, 0.717) is 18.8 Å². The lowest BCUT2D eigenvalue weighted by molar-refractivity contribution is -0.144. The van der Waals surface area contributed by atoms with Gasteiger partial charge in [-0.1, -0.05) is 24.5 Å². The minimum absolute atomic E-state index is 0.118. The Morgan fingerprint density at radius 2 is 1.89 bits per heavy atom. The summed E-state index contributed by atoms with van der Waals surface area (Å²) in [5, 5.41) is 0. The van der Waals surface area contributed by atoms with Crippen molar-refractivity contribution in [3.05, 3.63) is 11.1 Å². The number of ether oxygens (including phenoxy) is 2. The van der Waals surface area contributed by atoms with Gasteiger partial charge in [-0.05, 0) is 32.1 Å². The molecule has 4 heteroatoms. The van der Waals surface area contributed by atoms with Crippen LogP contribution in [-0.4, -0.2) is 26.2 Å². The molecule has 108 valence electrons. The highest BCUT2D eigenvalue weighted by Crippen LogP contribution is 2.40. The molecule has 1 rings (SSSR count). The van der Waals surface area contributed by atoms with Crippen LogP contribution in [0.5, 0.6) is 0 Å². The molecule has 0 aromatic rings. The topological polar surface area (TPSA) is 52.6 Å². The molecule has 19 heavy (non-hydrogen) atoms. The number of esters is 2. The predicted octanol–water partition coefficient (Wildman–Crippen LogP) is 2.87. The van der Waals surface area contributed by atoms with E-state index in [1.807, 2.05) is 6.92 Å². The van der Waals surface area contributed by atoms with Gasteiger partial charge in [-0.3, -0.25) is 9.59 Å². The van der Waals surface area contributed by atoms with Crippen molar-refractivity contribution in [3.8, 4) is 0 Å². The van der Waals surface area contributed by atoms with Crippen LogP contribution in [-0.2, 0) is 19.1 Å². The SMILES string of the molecule is CCC1C/C(=C(\C)CCC(=O)OC)C(C(=O)OC)C1. The second-order valence-electron chi connectivity index (χ2n) is 5.17. The summed E-state index contributed by atoms with van der Waals surface area (Å²) in [4.78, 5) is 23.0. The van der Waals surface area contributed by atoms with Crippen molar-refractivity contribution in [1.82, 2.24) is 0 Å². The molecule has 0 aromatic carbocycles. The van der Waals surface area contributed by atoms with E-state index in [9.17, 15) is 9.59 Å². The molecule has 0 N–H and O–H groups in total. The molecular formula is C15H24O4. The van der Waals surface area contributed by atoms with Crippen molar-refractivity contribution in [2.75, 3.05) is 14.2 Å². The summed E-state index contributed by atoms with van der Waals surface area (Å²) in [6, 6.07) is 0. The molecule has 1 saturated carbocycles. The first kappa shape index (κ1) is 15.7. The van der Waals surface area contributed by atoms with E-state index in [1.54, 1.807) is 0 Å². The third kappa shape index (κ3) is 4.08. The Morgan fingerprint density at radius 3 is 2.42 bits per heavy atom. The second-order valence-corrected chi connectivity index (χ2v) is 5.17. The van der Waals surface area contributed by atoms with Crippen LogP contribution in [0.15, 0.2) is 11.1 Å². The summed E-state index contributed by atoms with van der Waals surface area (Å²) in [6.45, 7) is 4.15. The van der Waals surface area contributed by atoms with Gasteiger partial charge in [0.2, 0.25) is 0 Å². The van der Waals surface area contributed by atoms with E-state index in [2.05, 4.69) is 11.7 Å². The van der Waals surface area contributed by atoms with Crippen molar-refractivity contribution in [2.24, 2.45) is 11.8 Å². The minimum Gasteiger partial charge on any atom is -0.469 e. The molecule has 2 unspecified atom stereocenters. The van der Waals surface area contributed by atoms with E-state index in [4.69, 9.17) is 4.74 Å². The molecule has 0 radical (unpaired) electrons. The number of carbonyl (C=O) groups is 2. The fourth-order valence-corrected chi connectivity index (χ4v) is 2.73. The van der Waals surface area contributed by atoms with Gasteiger partial charge in [-0.15, -0.1) is 0 Å². The molecule has 0 aromatic heterocycles. The van der Waals surface area contributed by atoms with Crippen LogP contribution in [0.3, 0.4) is 0 Å². The predicted molar refractivity (Wildman–Crippen MR) is 72.5 cm³/mol. The number of methoxy groups -OCH3 is 2. The quantitative estimate of drug-likeness (QED) is 0.568. The summed E-state index contributed by atoms with van der Waals surface area (Å²) in [5.74, 6) is 0.0720. The lowest BCUT2D eigenvalue weighted by Gasteiger charge is -2.13. The van der Waals surface area contributed by atoms with Crippen molar-refractivity contribution in [3.63, 3.8) is 0 Å². The maximum atomic E-state index is 11.8. The number of carbonyl (C=O) groups excluding carboxylic acids is 2. The Kier molecular flexibility index (Phi) is 6.06. The van der Waals surface area contributed by atoms with Gasteiger partial charge in [0, 0.05) is 6.42 Å². The molecule has 0 saturated heterocycles. The van der Waals surface area contributed by atoms with Crippen LogP contribution in [0.4, 0.5) is 0 Å². The van der Waals surface area contributed by atoms with Crippen molar-refractivity contribution in [2.45, 2.75) is 46.0 Å². The Labute approximate surface area is 115 Å². The summed E-state index contributed by atoms with van der Waals surface area (Å²) < 4.78 is 9.54. The van der Waals surface area contributed by atoms with Gasteiger partial charge in [-0.25, -0.2) is 0 Å². The summed E-state index contributed by atoms with van der Waals surface area (Å²) in [5.41, 5.74) is 2.30. The monoisotopic (exact) mass is 268 g/mol. The second kappa shape index (κ2) is 7.31. The fraction of sp³-hybridized carbons (Fsp3) is 0.733. The molecule has 0 bridgehead atoms. The van der Waals surface area contributed by atoms with Gasteiger partial charge in [0.05, 0.1) is 20.1 Å². The summed E-state index contributed by atoms with van der Waals surface area (Å²) in [6.07, 6.45) is 3.92. The third-order valence-electron chi connectivity index (χ3n) is 4.04. The minimum atomic E-state index is -0.209. The zero-order valence-electron chi connectivity index (χ0n) is 12.3. The van der Waals surface area contributed by atoms with E-state index in [0.717, 1.165) is 24.8 Å². The van der Waals surface area contributed by atoms with Gasteiger partial charge in [0.25, 0.3) is 0 Å². The fourth-order valence-electron chi connectivity index (χ4n) is 2.73. The molecule has 0 spiro atoms. The molecule has 1 aliphatic rings. The number of allylic oxidation sites excluding steroid dienone is 1. The zero-order valence-corrected chi connectivity index (χ0v) is 12.3. The standard InChI is InChI=1S/C15H24O4/c1-5-11-8-12(13(9-11)15(17)19-4)10(2)6-7-14(16)18-3/h11,13H,5-9H2,1-4H3/b12-10-. The first-order valence-corrected chi connectivity index (χ1v) is 6.86. The Balaban J connectivity index is 2.80. The van der Waals surface area contributed by atoms with Crippen molar-refractivity contribution >= 4 is 11.9 Å². The van der Waals surface area contributed by atoms with E-state index >= 15 is 0 Å². The third-order valence-corrected chi connectivity index (χ3v) is 4.04. The number of hydrogen-bond acceptors (Lipinski definition) is 4. The normalized spacial score (nSPS) is 25.1. The van der Waals surface area contributed by atoms with E-state index < -0.39 is 0 Å². The molecule has 4 nitrogen and oxygen atoms in total. The van der Waals surface area contributed by atoms with Crippen molar-refractivity contribution in [1.29, 1.82) is 0 Å². The molecule has 0 aliphatic heterocycles. The summed E-state index contributed by atoms with van der Waals surface area (Å²) in [7, 11) is 2.83. The van der Waals surface area contributed by atoms with Crippen molar-refractivity contribution < 1.29 is 19.1 Å². The van der Waals surface area contributed by atoms with E-state index in [1.165, 1.54) is 19.8 Å². The molecule has 0 heterocycles. The van der Waals surface area contributed by atoms with Crippen LogP contribution < -0.4 is 0 Å². The van der Waals surface area contributed by atoms with E-state index in [-0.39, 0.29) is 17.9 Å². The number of hydrogen-bond donors (Lipinski definition) is 0. The average Bonchev–Trinajstić information content (AvgIpc) is 2.87. The maximum absolute atomic E-state index is 11.8. The molecule has 1 fully saturated rings. The summed E-state index contributed by atoms with van der Waals surface area (Å²) >= 11 is 0. The molecule has 1 aliphatic carbocycles. The molecular weight excluding hydrogens is 244 g/mol. The highest BCUT2D eigenvalue weighted by molar-refractivity contribution is 5.76. The molecule has 0 amide bonds.